The van der Waals surface area contributed by atoms with Crippen LogP contribution in [0.2, 0.25) is 0 Å². The summed E-state index contributed by atoms with van der Waals surface area (Å²) in [6, 6.07) is 5.78. The van der Waals surface area contributed by atoms with Crippen molar-refractivity contribution in [2.45, 2.75) is 12.8 Å². The number of hydrogen-bond donors (Lipinski definition) is 0. The normalized spacial score (nSPS) is 20.0. The first-order valence-corrected chi connectivity index (χ1v) is 5.93. The predicted octanol–water partition coefficient (Wildman–Crippen LogP) is 1.82. The molecule has 1 atom stereocenters. The lowest BCUT2D eigenvalue weighted by Gasteiger charge is -2.33. The molecule has 17 heavy (non-hydrogen) atoms. The summed E-state index contributed by atoms with van der Waals surface area (Å²) in [5.41, 5.74) is 1.57. The molecule has 0 aliphatic carbocycles. The van der Waals surface area contributed by atoms with E-state index in [9.17, 15) is 0 Å². The van der Waals surface area contributed by atoms with Gasteiger partial charge < -0.3 is 9.64 Å². The average Bonchev–Trinajstić information content (AvgIpc) is 2.40. The maximum Gasteiger partial charge on any atom is 0.140 e. The number of ether oxygens (including phenoxy) is 1. The molecule has 0 amide bonds. The zero-order valence-electron chi connectivity index (χ0n) is 10.1. The summed E-state index contributed by atoms with van der Waals surface area (Å²) in [6.45, 7) is 2.90. The monoisotopic (exact) mass is 231 g/mol. The molecule has 4 heteroatoms. The predicted molar refractivity (Wildman–Crippen MR) is 65.8 cm³/mol. The number of methoxy groups -OCH3 is 1. The van der Waals surface area contributed by atoms with E-state index in [0.29, 0.717) is 11.6 Å². The third kappa shape index (κ3) is 2.95. The van der Waals surface area contributed by atoms with E-state index >= 15 is 0 Å². The van der Waals surface area contributed by atoms with Crippen molar-refractivity contribution in [2.24, 2.45) is 5.92 Å². The topological polar surface area (TPSA) is 49.1 Å². The van der Waals surface area contributed by atoms with Crippen LogP contribution < -0.4 is 4.90 Å². The summed E-state index contributed by atoms with van der Waals surface area (Å²) >= 11 is 0. The molecule has 0 saturated carbocycles. The van der Waals surface area contributed by atoms with E-state index in [1.54, 1.807) is 19.4 Å². The van der Waals surface area contributed by atoms with Crippen LogP contribution >= 0.6 is 0 Å². The first kappa shape index (κ1) is 11.9. The first-order chi connectivity index (χ1) is 8.33. The smallest absolute Gasteiger partial charge is 0.140 e. The van der Waals surface area contributed by atoms with Crippen molar-refractivity contribution in [2.75, 3.05) is 31.7 Å². The molecule has 1 aromatic heterocycles. The van der Waals surface area contributed by atoms with Crippen molar-refractivity contribution in [1.82, 2.24) is 4.98 Å². The number of hydrogen-bond acceptors (Lipinski definition) is 4. The van der Waals surface area contributed by atoms with Crippen LogP contribution in [-0.4, -0.2) is 31.8 Å². The molecule has 1 unspecified atom stereocenters. The highest BCUT2D eigenvalue weighted by Crippen LogP contribution is 2.22. The van der Waals surface area contributed by atoms with Gasteiger partial charge in [0.1, 0.15) is 11.8 Å². The summed E-state index contributed by atoms with van der Waals surface area (Å²) in [4.78, 5) is 6.43. The second kappa shape index (κ2) is 5.65. The fraction of sp³-hybridized carbons (Fsp3) is 0.538. The second-order valence-electron chi connectivity index (χ2n) is 4.42. The van der Waals surface area contributed by atoms with Crippen LogP contribution in [0.1, 0.15) is 18.5 Å². The van der Waals surface area contributed by atoms with Gasteiger partial charge in [-0.25, -0.2) is 4.98 Å². The van der Waals surface area contributed by atoms with Crippen molar-refractivity contribution in [3.63, 3.8) is 0 Å². The first-order valence-electron chi connectivity index (χ1n) is 5.93. The molecule has 0 spiro atoms. The second-order valence-corrected chi connectivity index (χ2v) is 4.42. The van der Waals surface area contributed by atoms with Crippen LogP contribution in [-0.2, 0) is 4.74 Å². The minimum absolute atomic E-state index is 0.471. The quantitative estimate of drug-likeness (QED) is 0.796. The van der Waals surface area contributed by atoms with Gasteiger partial charge in [0.05, 0.1) is 18.5 Å². The Bertz CT molecular complexity index is 394. The Morgan fingerprint density at radius 3 is 3.12 bits per heavy atom. The van der Waals surface area contributed by atoms with Gasteiger partial charge in [0, 0.05) is 20.2 Å². The molecule has 1 aromatic rings. The van der Waals surface area contributed by atoms with Crippen molar-refractivity contribution < 1.29 is 4.74 Å². The molecule has 4 nitrogen and oxygen atoms in total. The highest BCUT2D eigenvalue weighted by molar-refractivity contribution is 5.46. The zero-order chi connectivity index (χ0) is 12.1. The van der Waals surface area contributed by atoms with E-state index in [2.05, 4.69) is 9.88 Å². The summed E-state index contributed by atoms with van der Waals surface area (Å²) in [5.74, 6) is 0.601. The van der Waals surface area contributed by atoms with Gasteiger partial charge in [-0.1, -0.05) is 0 Å². The van der Waals surface area contributed by atoms with E-state index in [1.165, 1.54) is 12.8 Å². The van der Waals surface area contributed by atoms with E-state index in [1.807, 2.05) is 12.1 Å². The lowest BCUT2D eigenvalue weighted by Crippen LogP contribution is -2.37. The molecule has 0 N–H and O–H groups in total. The number of piperidine rings is 1. The summed E-state index contributed by atoms with van der Waals surface area (Å²) in [7, 11) is 1.75. The van der Waals surface area contributed by atoms with Crippen molar-refractivity contribution in [3.8, 4) is 6.07 Å². The third-order valence-electron chi connectivity index (χ3n) is 3.15. The molecule has 1 saturated heterocycles. The Balaban J connectivity index is 2.03. The molecule has 1 aliphatic heterocycles. The van der Waals surface area contributed by atoms with Gasteiger partial charge >= 0.3 is 0 Å². The minimum Gasteiger partial charge on any atom is -0.384 e. The van der Waals surface area contributed by atoms with Crippen LogP contribution in [0.5, 0.6) is 0 Å². The lowest BCUT2D eigenvalue weighted by atomic mass is 9.98. The number of aromatic nitrogens is 1. The van der Waals surface area contributed by atoms with Crippen LogP contribution in [0.15, 0.2) is 18.3 Å². The van der Waals surface area contributed by atoms with E-state index in [0.717, 1.165) is 25.4 Å². The molecule has 0 aromatic carbocycles. The number of nitrogens with zero attached hydrogens (tertiary/aromatic N) is 3. The highest BCUT2D eigenvalue weighted by atomic mass is 16.5. The highest BCUT2D eigenvalue weighted by Gasteiger charge is 2.20. The molecule has 90 valence electrons. The molecular formula is C13H17N3O. The van der Waals surface area contributed by atoms with Gasteiger partial charge in [0.2, 0.25) is 0 Å². The van der Waals surface area contributed by atoms with Crippen LogP contribution in [0.4, 0.5) is 5.69 Å². The van der Waals surface area contributed by atoms with Gasteiger partial charge in [-0.3, -0.25) is 0 Å². The van der Waals surface area contributed by atoms with Crippen molar-refractivity contribution in [3.05, 3.63) is 24.0 Å². The SMILES string of the molecule is COCC1CCCN(c2ccc(C#N)nc2)C1. The fourth-order valence-corrected chi connectivity index (χ4v) is 2.31. The molecule has 2 rings (SSSR count). The summed E-state index contributed by atoms with van der Waals surface area (Å²) in [5, 5.41) is 8.71. The maximum atomic E-state index is 8.71. The summed E-state index contributed by atoms with van der Waals surface area (Å²) in [6.07, 6.45) is 4.20. The Labute approximate surface area is 102 Å². The van der Waals surface area contributed by atoms with Crippen LogP contribution in [0, 0.1) is 17.2 Å². The number of anilines is 1. The third-order valence-corrected chi connectivity index (χ3v) is 3.15. The Kier molecular flexibility index (Phi) is 3.94. The van der Waals surface area contributed by atoms with E-state index in [-0.39, 0.29) is 0 Å². The molecular weight excluding hydrogens is 214 g/mol. The minimum atomic E-state index is 0.471. The molecule has 0 radical (unpaired) electrons. The number of pyridine rings is 1. The van der Waals surface area contributed by atoms with Crippen LogP contribution in [0.3, 0.4) is 0 Å². The van der Waals surface area contributed by atoms with Crippen molar-refractivity contribution in [1.29, 1.82) is 5.26 Å². The molecule has 0 bridgehead atoms. The molecule has 2 heterocycles. The van der Waals surface area contributed by atoms with Crippen molar-refractivity contribution >= 4 is 5.69 Å². The molecule has 1 fully saturated rings. The van der Waals surface area contributed by atoms with E-state index in [4.69, 9.17) is 10.00 Å². The van der Waals surface area contributed by atoms with Gasteiger partial charge in [0.15, 0.2) is 0 Å². The Morgan fingerprint density at radius 1 is 1.59 bits per heavy atom. The molecule has 1 aliphatic rings. The van der Waals surface area contributed by atoms with E-state index < -0.39 is 0 Å². The van der Waals surface area contributed by atoms with Crippen LogP contribution in [0.25, 0.3) is 0 Å². The fourth-order valence-electron chi connectivity index (χ4n) is 2.31. The zero-order valence-corrected chi connectivity index (χ0v) is 10.1. The maximum absolute atomic E-state index is 8.71. The standard InChI is InChI=1S/C13H17N3O/c1-17-10-11-3-2-6-16(9-11)13-5-4-12(7-14)15-8-13/h4-5,8,11H,2-3,6,9-10H2,1H3. The van der Waals surface area contributed by atoms with Gasteiger partial charge in [0.25, 0.3) is 0 Å². The van der Waals surface area contributed by atoms with Gasteiger partial charge in [-0.2, -0.15) is 5.26 Å². The average molecular weight is 231 g/mol. The van der Waals surface area contributed by atoms with Gasteiger partial charge in [-0.15, -0.1) is 0 Å². The largest absolute Gasteiger partial charge is 0.384 e. The lowest BCUT2D eigenvalue weighted by molar-refractivity contribution is 0.143. The number of nitriles is 1. The number of rotatable bonds is 3. The Hall–Kier alpha value is -1.60. The summed E-state index contributed by atoms with van der Waals surface area (Å²) < 4.78 is 5.22. The Morgan fingerprint density at radius 2 is 2.47 bits per heavy atom. The van der Waals surface area contributed by atoms with Gasteiger partial charge in [-0.05, 0) is 30.9 Å².